The second-order valence-corrected chi connectivity index (χ2v) is 6.21. The number of benzene rings is 2. The lowest BCUT2D eigenvalue weighted by atomic mass is 10.0. The molecule has 0 bridgehead atoms. The van der Waals surface area contributed by atoms with Crippen LogP contribution in [0.25, 0.3) is 0 Å². The van der Waals surface area contributed by atoms with Crippen molar-refractivity contribution in [3.8, 4) is 5.75 Å². The molecule has 1 N–H and O–H groups in total. The van der Waals surface area contributed by atoms with Gasteiger partial charge in [-0.1, -0.05) is 43.6 Å². The number of ether oxygens (including phenoxy) is 1. The molecule has 2 rings (SSSR count). The number of nitrogens with one attached hydrogen (secondary N) is 1. The van der Waals surface area contributed by atoms with E-state index in [2.05, 4.69) is 24.1 Å². The van der Waals surface area contributed by atoms with Gasteiger partial charge in [-0.2, -0.15) is 0 Å². The second kappa shape index (κ2) is 10.1. The molecule has 0 aromatic heterocycles. The molecular formula is C20H24ClFN2O2. The number of amides is 1. The van der Waals surface area contributed by atoms with Gasteiger partial charge in [-0.05, 0) is 49.0 Å². The third kappa shape index (κ3) is 5.71. The zero-order valence-corrected chi connectivity index (χ0v) is 15.8. The van der Waals surface area contributed by atoms with Crippen molar-refractivity contribution in [3.05, 3.63) is 64.9 Å². The first-order chi connectivity index (χ1) is 12.5. The third-order valence-corrected chi connectivity index (χ3v) is 4.54. The van der Waals surface area contributed by atoms with Gasteiger partial charge in [0.1, 0.15) is 11.6 Å². The molecule has 2 aromatic rings. The van der Waals surface area contributed by atoms with E-state index in [-0.39, 0.29) is 24.4 Å². The normalized spacial score (nSPS) is 12.0. The van der Waals surface area contributed by atoms with Gasteiger partial charge in [-0.25, -0.2) is 4.39 Å². The van der Waals surface area contributed by atoms with Crippen molar-refractivity contribution < 1.29 is 13.9 Å². The summed E-state index contributed by atoms with van der Waals surface area (Å²) in [6, 6.07) is 13.2. The summed E-state index contributed by atoms with van der Waals surface area (Å²) in [5.74, 6) is -0.130. The standard InChI is InChI=1S/C20H24ClFN2O2/c1-3-24(4-2)19(17-7-5-6-8-18(17)21)13-23-20(25)14-26-16-11-9-15(22)10-12-16/h5-12,19H,3-4,13-14H2,1-2H3,(H,23,25)/t19-/m1/s1. The minimum atomic E-state index is -0.344. The molecule has 0 aliphatic carbocycles. The molecule has 0 heterocycles. The summed E-state index contributed by atoms with van der Waals surface area (Å²) in [4.78, 5) is 14.4. The molecule has 26 heavy (non-hydrogen) atoms. The van der Waals surface area contributed by atoms with E-state index < -0.39 is 0 Å². The molecule has 4 nitrogen and oxygen atoms in total. The molecule has 140 valence electrons. The van der Waals surface area contributed by atoms with Crippen molar-refractivity contribution in [1.29, 1.82) is 0 Å². The molecule has 1 amide bonds. The lowest BCUT2D eigenvalue weighted by molar-refractivity contribution is -0.123. The Morgan fingerprint density at radius 3 is 2.42 bits per heavy atom. The van der Waals surface area contributed by atoms with Crippen LogP contribution in [0.3, 0.4) is 0 Å². The van der Waals surface area contributed by atoms with Crippen molar-refractivity contribution in [2.24, 2.45) is 0 Å². The van der Waals surface area contributed by atoms with Gasteiger partial charge in [0.05, 0.1) is 6.04 Å². The monoisotopic (exact) mass is 378 g/mol. The van der Waals surface area contributed by atoms with E-state index in [1.807, 2.05) is 24.3 Å². The highest BCUT2D eigenvalue weighted by Crippen LogP contribution is 2.26. The van der Waals surface area contributed by atoms with Gasteiger partial charge in [0.25, 0.3) is 5.91 Å². The first-order valence-electron chi connectivity index (χ1n) is 8.68. The predicted molar refractivity (Wildman–Crippen MR) is 102 cm³/mol. The Labute approximate surface area is 158 Å². The number of nitrogens with zero attached hydrogens (tertiary/aromatic N) is 1. The minimum absolute atomic E-state index is 0.0199. The van der Waals surface area contributed by atoms with Crippen molar-refractivity contribution in [2.45, 2.75) is 19.9 Å². The van der Waals surface area contributed by atoms with Gasteiger partial charge in [-0.15, -0.1) is 0 Å². The van der Waals surface area contributed by atoms with E-state index in [9.17, 15) is 9.18 Å². The number of carbonyl (C=O) groups excluding carboxylic acids is 1. The van der Waals surface area contributed by atoms with E-state index in [0.29, 0.717) is 17.3 Å². The highest BCUT2D eigenvalue weighted by atomic mass is 35.5. The first-order valence-corrected chi connectivity index (χ1v) is 9.06. The summed E-state index contributed by atoms with van der Waals surface area (Å²) in [5, 5.41) is 3.58. The Morgan fingerprint density at radius 1 is 1.15 bits per heavy atom. The van der Waals surface area contributed by atoms with Gasteiger partial charge in [0.15, 0.2) is 6.61 Å². The Bertz CT molecular complexity index is 705. The van der Waals surface area contributed by atoms with Crippen LogP contribution in [0.4, 0.5) is 4.39 Å². The Kier molecular flexibility index (Phi) is 7.88. The summed E-state index contributed by atoms with van der Waals surface area (Å²) in [5.41, 5.74) is 0.984. The van der Waals surface area contributed by atoms with E-state index in [0.717, 1.165) is 18.7 Å². The average Bonchev–Trinajstić information content (AvgIpc) is 2.65. The van der Waals surface area contributed by atoms with Crippen molar-refractivity contribution >= 4 is 17.5 Å². The molecule has 0 spiro atoms. The molecule has 0 saturated heterocycles. The van der Waals surface area contributed by atoms with E-state index in [4.69, 9.17) is 16.3 Å². The van der Waals surface area contributed by atoms with Crippen LogP contribution >= 0.6 is 11.6 Å². The molecule has 6 heteroatoms. The molecule has 0 unspecified atom stereocenters. The zero-order chi connectivity index (χ0) is 18.9. The maximum Gasteiger partial charge on any atom is 0.258 e. The Hall–Kier alpha value is -2.11. The molecular weight excluding hydrogens is 355 g/mol. The van der Waals surface area contributed by atoms with E-state index in [1.165, 1.54) is 24.3 Å². The van der Waals surface area contributed by atoms with Crippen LogP contribution in [0.5, 0.6) is 5.75 Å². The van der Waals surface area contributed by atoms with Crippen molar-refractivity contribution in [2.75, 3.05) is 26.2 Å². The summed E-state index contributed by atoms with van der Waals surface area (Å²) < 4.78 is 18.3. The van der Waals surface area contributed by atoms with Crippen LogP contribution in [-0.2, 0) is 4.79 Å². The number of halogens is 2. The lowest BCUT2D eigenvalue weighted by Gasteiger charge is -2.30. The number of likely N-dealkylation sites (N-methyl/N-ethyl adjacent to an activating group) is 1. The largest absolute Gasteiger partial charge is 0.484 e. The average molecular weight is 379 g/mol. The van der Waals surface area contributed by atoms with Crippen LogP contribution < -0.4 is 10.1 Å². The second-order valence-electron chi connectivity index (χ2n) is 5.81. The molecule has 0 fully saturated rings. The number of hydrogen-bond donors (Lipinski definition) is 1. The van der Waals surface area contributed by atoms with Crippen LogP contribution in [0.1, 0.15) is 25.5 Å². The first kappa shape index (κ1) is 20.2. The SMILES string of the molecule is CCN(CC)[C@H](CNC(=O)COc1ccc(F)cc1)c1ccccc1Cl. The van der Waals surface area contributed by atoms with Gasteiger partial charge < -0.3 is 10.1 Å². The Morgan fingerprint density at radius 2 is 1.81 bits per heavy atom. The van der Waals surface area contributed by atoms with Crippen molar-refractivity contribution in [3.63, 3.8) is 0 Å². The van der Waals surface area contributed by atoms with E-state index in [1.54, 1.807) is 0 Å². The highest BCUT2D eigenvalue weighted by molar-refractivity contribution is 6.31. The van der Waals surface area contributed by atoms with Gasteiger partial charge in [0, 0.05) is 11.6 Å². The maximum atomic E-state index is 12.9. The summed E-state index contributed by atoms with van der Waals surface area (Å²) >= 11 is 6.35. The van der Waals surface area contributed by atoms with Crippen molar-refractivity contribution in [1.82, 2.24) is 10.2 Å². The van der Waals surface area contributed by atoms with Crippen LogP contribution in [-0.4, -0.2) is 37.0 Å². The fourth-order valence-corrected chi connectivity index (χ4v) is 3.05. The topological polar surface area (TPSA) is 41.6 Å². The molecule has 0 saturated carbocycles. The summed E-state index contributed by atoms with van der Waals surface area (Å²) in [6.45, 7) is 6.14. The smallest absolute Gasteiger partial charge is 0.258 e. The van der Waals surface area contributed by atoms with Crippen LogP contribution in [0.15, 0.2) is 48.5 Å². The number of hydrogen-bond acceptors (Lipinski definition) is 3. The minimum Gasteiger partial charge on any atom is -0.484 e. The van der Waals surface area contributed by atoms with Gasteiger partial charge in [0.2, 0.25) is 0 Å². The molecule has 2 aromatic carbocycles. The van der Waals surface area contributed by atoms with E-state index >= 15 is 0 Å². The fourth-order valence-electron chi connectivity index (χ4n) is 2.79. The Balaban J connectivity index is 1.96. The quantitative estimate of drug-likeness (QED) is 0.715. The van der Waals surface area contributed by atoms with Gasteiger partial charge >= 0.3 is 0 Å². The number of carbonyl (C=O) groups is 1. The fraction of sp³-hybridized carbons (Fsp3) is 0.350. The zero-order valence-electron chi connectivity index (χ0n) is 15.0. The van der Waals surface area contributed by atoms with Crippen LogP contribution in [0.2, 0.25) is 5.02 Å². The highest BCUT2D eigenvalue weighted by Gasteiger charge is 2.21. The van der Waals surface area contributed by atoms with Gasteiger partial charge in [-0.3, -0.25) is 9.69 Å². The molecule has 0 aliphatic heterocycles. The predicted octanol–water partition coefficient (Wildman–Crippen LogP) is 4.06. The molecule has 0 aliphatic rings. The van der Waals surface area contributed by atoms with Crippen LogP contribution in [0, 0.1) is 5.82 Å². The summed E-state index contributed by atoms with van der Waals surface area (Å²) in [6.07, 6.45) is 0. The number of rotatable bonds is 9. The molecule has 1 atom stereocenters. The lowest BCUT2D eigenvalue weighted by Crippen LogP contribution is -2.39. The third-order valence-electron chi connectivity index (χ3n) is 4.19. The summed E-state index contributed by atoms with van der Waals surface area (Å²) in [7, 11) is 0. The maximum absolute atomic E-state index is 12.9. The molecule has 0 radical (unpaired) electrons.